The summed E-state index contributed by atoms with van der Waals surface area (Å²) in [6.45, 7) is 1.46. The van der Waals surface area contributed by atoms with E-state index in [0.29, 0.717) is 11.5 Å². The third-order valence-electron chi connectivity index (χ3n) is 2.27. The van der Waals surface area contributed by atoms with Crippen molar-refractivity contribution in [3.8, 4) is 0 Å². The molecule has 13 heavy (non-hydrogen) atoms. The van der Waals surface area contributed by atoms with Crippen molar-refractivity contribution in [2.24, 2.45) is 5.73 Å². The second-order valence-corrected chi connectivity index (χ2v) is 3.73. The molecule has 0 aliphatic carbocycles. The predicted octanol–water partition coefficient (Wildman–Crippen LogP) is -0.517. The Labute approximate surface area is 83.5 Å². The Balaban J connectivity index is 2.53. The summed E-state index contributed by atoms with van der Waals surface area (Å²) in [5.74, 6) is 0.0637. The largest absolute Gasteiger partial charge is 0.392 e. The van der Waals surface area contributed by atoms with Gasteiger partial charge in [-0.15, -0.1) is 0 Å². The van der Waals surface area contributed by atoms with E-state index in [1.165, 1.54) is 0 Å². The third-order valence-corrected chi connectivity index (χ3v) is 2.40. The molecule has 1 unspecified atom stereocenters. The van der Waals surface area contributed by atoms with Crippen LogP contribution in [0.3, 0.4) is 0 Å². The highest BCUT2D eigenvalue weighted by molar-refractivity contribution is 7.80. The molecule has 1 aliphatic heterocycles. The lowest BCUT2D eigenvalue weighted by Crippen LogP contribution is -2.44. The number of carbonyl (C=O) groups is 1. The number of nitrogens with zero attached hydrogens (tertiary/aromatic N) is 1. The molecule has 5 heteroatoms. The van der Waals surface area contributed by atoms with Gasteiger partial charge in [0.25, 0.3) is 0 Å². The van der Waals surface area contributed by atoms with E-state index in [2.05, 4.69) is 5.32 Å². The van der Waals surface area contributed by atoms with Crippen molar-refractivity contribution in [3.63, 3.8) is 0 Å². The van der Waals surface area contributed by atoms with Crippen LogP contribution in [0.1, 0.15) is 12.8 Å². The molecule has 1 amide bonds. The Morgan fingerprint density at radius 2 is 2.46 bits per heavy atom. The SMILES string of the molecule is CNC(=O)C1CCCN1CC(N)=S. The van der Waals surface area contributed by atoms with Crippen LogP contribution in [0.4, 0.5) is 0 Å². The fourth-order valence-corrected chi connectivity index (χ4v) is 1.84. The molecule has 4 nitrogen and oxygen atoms in total. The molecule has 1 saturated heterocycles. The zero-order chi connectivity index (χ0) is 9.84. The molecule has 0 aromatic rings. The molecular formula is C8H15N3OS. The quantitative estimate of drug-likeness (QED) is 0.603. The van der Waals surface area contributed by atoms with Crippen molar-refractivity contribution in [1.29, 1.82) is 0 Å². The van der Waals surface area contributed by atoms with Crippen LogP contribution < -0.4 is 11.1 Å². The Morgan fingerprint density at radius 3 is 3.00 bits per heavy atom. The summed E-state index contributed by atoms with van der Waals surface area (Å²) in [6, 6.07) is -0.0356. The highest BCUT2D eigenvalue weighted by Crippen LogP contribution is 2.16. The van der Waals surface area contributed by atoms with Crippen molar-refractivity contribution < 1.29 is 4.79 Å². The molecule has 0 saturated carbocycles. The van der Waals surface area contributed by atoms with E-state index in [1.807, 2.05) is 4.90 Å². The van der Waals surface area contributed by atoms with Crippen LogP contribution in [-0.2, 0) is 4.79 Å². The van der Waals surface area contributed by atoms with Crippen molar-refractivity contribution >= 4 is 23.1 Å². The smallest absolute Gasteiger partial charge is 0.237 e. The lowest BCUT2D eigenvalue weighted by molar-refractivity contribution is -0.124. The van der Waals surface area contributed by atoms with Crippen LogP contribution in [-0.4, -0.2) is 42.0 Å². The first-order chi connectivity index (χ1) is 6.15. The average Bonchev–Trinajstić information content (AvgIpc) is 2.50. The third kappa shape index (κ3) is 2.63. The van der Waals surface area contributed by atoms with Crippen LogP contribution in [0, 0.1) is 0 Å². The predicted molar refractivity (Wildman–Crippen MR) is 55.4 cm³/mol. The summed E-state index contributed by atoms with van der Waals surface area (Å²) in [5.41, 5.74) is 5.43. The Kier molecular flexibility index (Phi) is 3.62. The van der Waals surface area contributed by atoms with Crippen LogP contribution in [0.2, 0.25) is 0 Å². The molecule has 3 N–H and O–H groups in total. The molecule has 0 bridgehead atoms. The summed E-state index contributed by atoms with van der Waals surface area (Å²) in [4.78, 5) is 13.9. The maximum atomic E-state index is 11.4. The number of hydrogen-bond acceptors (Lipinski definition) is 3. The fourth-order valence-electron chi connectivity index (χ4n) is 1.68. The second kappa shape index (κ2) is 4.53. The number of rotatable bonds is 3. The van der Waals surface area contributed by atoms with Gasteiger partial charge in [0.1, 0.15) is 0 Å². The number of likely N-dealkylation sites (tertiary alicyclic amines) is 1. The standard InChI is InChI=1S/C8H15N3OS/c1-10-8(12)6-3-2-4-11(6)5-7(9)13/h6H,2-5H2,1H3,(H2,9,13)(H,10,12). The monoisotopic (exact) mass is 201 g/mol. The molecule has 0 aromatic carbocycles. The van der Waals surface area contributed by atoms with Gasteiger partial charge >= 0.3 is 0 Å². The molecule has 1 heterocycles. The lowest BCUT2D eigenvalue weighted by atomic mass is 10.2. The lowest BCUT2D eigenvalue weighted by Gasteiger charge is -2.21. The van der Waals surface area contributed by atoms with Gasteiger partial charge in [0, 0.05) is 13.6 Å². The summed E-state index contributed by atoms with van der Waals surface area (Å²) in [6.07, 6.45) is 1.95. The van der Waals surface area contributed by atoms with Crippen LogP contribution in [0.15, 0.2) is 0 Å². The number of nitrogens with two attached hydrogens (primary N) is 1. The highest BCUT2D eigenvalue weighted by Gasteiger charge is 2.29. The zero-order valence-corrected chi connectivity index (χ0v) is 8.56. The van der Waals surface area contributed by atoms with Crippen molar-refractivity contribution in [1.82, 2.24) is 10.2 Å². The fraction of sp³-hybridized carbons (Fsp3) is 0.750. The Bertz CT molecular complexity index is 219. The molecule has 0 aromatic heterocycles. The van der Waals surface area contributed by atoms with E-state index < -0.39 is 0 Å². The first kappa shape index (κ1) is 10.4. The minimum atomic E-state index is -0.0356. The average molecular weight is 201 g/mol. The Hall–Kier alpha value is -0.680. The second-order valence-electron chi connectivity index (χ2n) is 3.21. The number of carbonyl (C=O) groups excluding carboxylic acids is 1. The summed E-state index contributed by atoms with van der Waals surface area (Å²) < 4.78 is 0. The first-order valence-corrected chi connectivity index (χ1v) is 4.80. The van der Waals surface area contributed by atoms with Gasteiger partial charge in [-0.2, -0.15) is 0 Å². The summed E-state index contributed by atoms with van der Waals surface area (Å²) in [7, 11) is 1.65. The van der Waals surface area contributed by atoms with Gasteiger partial charge in [0.05, 0.1) is 11.0 Å². The van der Waals surface area contributed by atoms with Gasteiger partial charge in [-0.25, -0.2) is 0 Å². The van der Waals surface area contributed by atoms with Crippen molar-refractivity contribution in [2.75, 3.05) is 20.1 Å². The van der Waals surface area contributed by atoms with Gasteiger partial charge < -0.3 is 11.1 Å². The number of hydrogen-bond donors (Lipinski definition) is 2. The van der Waals surface area contributed by atoms with E-state index in [-0.39, 0.29) is 11.9 Å². The van der Waals surface area contributed by atoms with E-state index in [9.17, 15) is 4.79 Å². The molecule has 0 spiro atoms. The summed E-state index contributed by atoms with van der Waals surface area (Å²) in [5, 5.41) is 2.65. The number of thiocarbonyl (C=S) groups is 1. The van der Waals surface area contributed by atoms with Crippen molar-refractivity contribution in [3.05, 3.63) is 0 Å². The van der Waals surface area contributed by atoms with Crippen LogP contribution in [0.5, 0.6) is 0 Å². The van der Waals surface area contributed by atoms with Gasteiger partial charge in [-0.3, -0.25) is 9.69 Å². The van der Waals surface area contributed by atoms with E-state index >= 15 is 0 Å². The van der Waals surface area contributed by atoms with Gasteiger partial charge in [-0.1, -0.05) is 12.2 Å². The van der Waals surface area contributed by atoms with Crippen molar-refractivity contribution in [2.45, 2.75) is 18.9 Å². The Morgan fingerprint density at radius 1 is 1.77 bits per heavy atom. The molecule has 1 aliphatic rings. The van der Waals surface area contributed by atoms with Gasteiger partial charge in [0.2, 0.25) is 5.91 Å². The van der Waals surface area contributed by atoms with Gasteiger partial charge in [-0.05, 0) is 19.4 Å². The van der Waals surface area contributed by atoms with E-state index in [4.69, 9.17) is 18.0 Å². The molecular weight excluding hydrogens is 186 g/mol. The molecule has 1 rings (SSSR count). The normalized spacial score (nSPS) is 23.0. The molecule has 1 atom stereocenters. The minimum absolute atomic E-state index is 0.0356. The number of likely N-dealkylation sites (N-methyl/N-ethyl adjacent to an activating group) is 1. The zero-order valence-electron chi connectivity index (χ0n) is 7.75. The number of nitrogens with one attached hydrogen (secondary N) is 1. The van der Waals surface area contributed by atoms with Crippen LogP contribution in [0.25, 0.3) is 0 Å². The van der Waals surface area contributed by atoms with Crippen LogP contribution >= 0.6 is 12.2 Å². The maximum Gasteiger partial charge on any atom is 0.237 e. The maximum absolute atomic E-state index is 11.4. The van der Waals surface area contributed by atoms with Gasteiger partial charge in [0.15, 0.2) is 0 Å². The molecule has 0 radical (unpaired) electrons. The molecule has 74 valence electrons. The van der Waals surface area contributed by atoms with E-state index in [0.717, 1.165) is 19.4 Å². The topological polar surface area (TPSA) is 58.4 Å². The minimum Gasteiger partial charge on any atom is -0.392 e. The summed E-state index contributed by atoms with van der Waals surface area (Å²) >= 11 is 4.81. The number of amides is 1. The first-order valence-electron chi connectivity index (χ1n) is 4.39. The van der Waals surface area contributed by atoms with E-state index in [1.54, 1.807) is 7.05 Å². The highest BCUT2D eigenvalue weighted by atomic mass is 32.1. The molecule has 1 fully saturated rings.